The molecular formula is C20H21FN6O3S. The summed E-state index contributed by atoms with van der Waals surface area (Å²) >= 11 is 1.22. The molecule has 0 saturated carbocycles. The summed E-state index contributed by atoms with van der Waals surface area (Å²) < 4.78 is 15.2. The quantitative estimate of drug-likeness (QED) is 0.619. The fourth-order valence-electron chi connectivity index (χ4n) is 3.53. The van der Waals surface area contributed by atoms with E-state index in [0.717, 1.165) is 0 Å². The summed E-state index contributed by atoms with van der Waals surface area (Å²) in [7, 11) is 1.63. The Morgan fingerprint density at radius 3 is 2.71 bits per heavy atom. The summed E-state index contributed by atoms with van der Waals surface area (Å²) in [6.45, 7) is 1.04. The minimum atomic E-state index is -0.552. The third kappa shape index (κ3) is 4.41. The van der Waals surface area contributed by atoms with E-state index in [-0.39, 0.29) is 29.6 Å². The molecule has 162 valence electrons. The molecule has 4 rings (SSSR count). The van der Waals surface area contributed by atoms with Crippen molar-refractivity contribution < 1.29 is 14.0 Å². The Bertz CT molecular complexity index is 1190. The van der Waals surface area contributed by atoms with Gasteiger partial charge in [-0.1, -0.05) is 23.5 Å². The average Bonchev–Trinajstić information content (AvgIpc) is 3.22. The van der Waals surface area contributed by atoms with E-state index in [0.29, 0.717) is 41.4 Å². The maximum atomic E-state index is 13.7. The van der Waals surface area contributed by atoms with E-state index in [4.69, 9.17) is 0 Å². The Labute approximate surface area is 180 Å². The number of hydrogen-bond acceptors (Lipinski definition) is 7. The molecule has 2 amide bonds. The first-order valence-electron chi connectivity index (χ1n) is 9.83. The maximum Gasteiger partial charge on any atom is 0.273 e. The van der Waals surface area contributed by atoms with E-state index in [9.17, 15) is 18.8 Å². The van der Waals surface area contributed by atoms with Crippen molar-refractivity contribution in [2.45, 2.75) is 19.4 Å². The molecule has 1 aromatic carbocycles. The number of carbonyl (C=O) groups excluding carboxylic acids is 2. The van der Waals surface area contributed by atoms with Crippen LogP contribution in [0.2, 0.25) is 0 Å². The number of fused-ring (bicyclic) bond motifs is 1. The van der Waals surface area contributed by atoms with Crippen LogP contribution in [0.4, 0.5) is 15.2 Å². The monoisotopic (exact) mass is 444 g/mol. The summed E-state index contributed by atoms with van der Waals surface area (Å²) in [6.07, 6.45) is 2.69. The number of thiazole rings is 1. The zero-order valence-corrected chi connectivity index (χ0v) is 17.6. The lowest BCUT2D eigenvalue weighted by atomic mass is 9.96. The molecule has 1 aliphatic rings. The second-order valence-electron chi connectivity index (χ2n) is 7.23. The Morgan fingerprint density at radius 1 is 1.26 bits per heavy atom. The zero-order valence-electron chi connectivity index (χ0n) is 16.8. The minimum Gasteiger partial charge on any atom is -0.359 e. The second-order valence-corrected chi connectivity index (χ2v) is 8.21. The Balaban J connectivity index is 1.48. The van der Waals surface area contributed by atoms with Gasteiger partial charge in [0.1, 0.15) is 23.4 Å². The highest BCUT2D eigenvalue weighted by molar-refractivity contribution is 7.22. The van der Waals surface area contributed by atoms with Crippen LogP contribution in [0.3, 0.4) is 0 Å². The van der Waals surface area contributed by atoms with Crippen molar-refractivity contribution in [3.63, 3.8) is 0 Å². The van der Waals surface area contributed by atoms with Gasteiger partial charge in [-0.3, -0.25) is 19.0 Å². The zero-order chi connectivity index (χ0) is 22.0. The number of carbonyl (C=O) groups is 2. The number of amides is 2. The van der Waals surface area contributed by atoms with Gasteiger partial charge in [0.05, 0.1) is 5.69 Å². The summed E-state index contributed by atoms with van der Waals surface area (Å²) in [5.74, 6) is -1.06. The van der Waals surface area contributed by atoms with Crippen LogP contribution in [0, 0.1) is 11.7 Å². The predicted octanol–water partition coefficient (Wildman–Crippen LogP) is 1.59. The van der Waals surface area contributed by atoms with Crippen LogP contribution in [-0.4, -0.2) is 46.5 Å². The van der Waals surface area contributed by atoms with Crippen molar-refractivity contribution >= 4 is 44.3 Å². The van der Waals surface area contributed by atoms with E-state index in [1.807, 2.05) is 4.90 Å². The van der Waals surface area contributed by atoms with Crippen LogP contribution >= 0.6 is 11.3 Å². The highest BCUT2D eigenvalue weighted by atomic mass is 32.1. The minimum absolute atomic E-state index is 0.0149. The number of anilines is 2. The fraction of sp³-hybridized carbons (Fsp3) is 0.350. The van der Waals surface area contributed by atoms with Gasteiger partial charge in [0.25, 0.3) is 5.56 Å². The van der Waals surface area contributed by atoms with E-state index >= 15 is 0 Å². The highest BCUT2D eigenvalue weighted by Crippen LogP contribution is 2.29. The van der Waals surface area contributed by atoms with Crippen molar-refractivity contribution in [1.82, 2.24) is 19.9 Å². The van der Waals surface area contributed by atoms with Crippen molar-refractivity contribution in [2.24, 2.45) is 5.92 Å². The lowest BCUT2D eigenvalue weighted by molar-refractivity contribution is -0.125. The van der Waals surface area contributed by atoms with Gasteiger partial charge in [0.15, 0.2) is 10.8 Å². The van der Waals surface area contributed by atoms with Crippen LogP contribution in [-0.2, 0) is 16.1 Å². The number of halogens is 1. The van der Waals surface area contributed by atoms with E-state index in [2.05, 4.69) is 20.6 Å². The smallest absolute Gasteiger partial charge is 0.273 e. The van der Waals surface area contributed by atoms with Crippen LogP contribution in [0.5, 0.6) is 0 Å². The van der Waals surface area contributed by atoms with Crippen LogP contribution in [0.25, 0.3) is 10.3 Å². The maximum absolute atomic E-state index is 13.7. The molecule has 0 bridgehead atoms. The molecule has 2 aromatic heterocycles. The lowest BCUT2D eigenvalue weighted by Crippen LogP contribution is -2.39. The van der Waals surface area contributed by atoms with Gasteiger partial charge in [-0.15, -0.1) is 0 Å². The van der Waals surface area contributed by atoms with Gasteiger partial charge in [0, 0.05) is 26.1 Å². The van der Waals surface area contributed by atoms with Gasteiger partial charge in [-0.05, 0) is 25.0 Å². The molecule has 31 heavy (non-hydrogen) atoms. The van der Waals surface area contributed by atoms with Gasteiger partial charge >= 0.3 is 0 Å². The summed E-state index contributed by atoms with van der Waals surface area (Å²) in [4.78, 5) is 47.6. The Hall–Kier alpha value is -3.34. The lowest BCUT2D eigenvalue weighted by Gasteiger charge is -2.30. The second kappa shape index (κ2) is 8.80. The first kappa shape index (κ1) is 20.9. The van der Waals surface area contributed by atoms with E-state index in [1.165, 1.54) is 40.4 Å². The summed E-state index contributed by atoms with van der Waals surface area (Å²) in [6, 6.07) is 5.82. The third-order valence-electron chi connectivity index (χ3n) is 5.22. The van der Waals surface area contributed by atoms with Gasteiger partial charge in [-0.25, -0.2) is 9.37 Å². The number of hydrogen-bond donors (Lipinski definition) is 2. The summed E-state index contributed by atoms with van der Waals surface area (Å²) in [5, 5.41) is 5.80. The third-order valence-corrected chi connectivity index (χ3v) is 6.31. The predicted molar refractivity (Wildman–Crippen MR) is 116 cm³/mol. The average molecular weight is 444 g/mol. The van der Waals surface area contributed by atoms with Gasteiger partial charge in [0.2, 0.25) is 11.8 Å². The molecular weight excluding hydrogens is 423 g/mol. The van der Waals surface area contributed by atoms with Crippen molar-refractivity contribution in [3.8, 4) is 0 Å². The molecule has 0 unspecified atom stereocenters. The fourth-order valence-corrected chi connectivity index (χ4v) is 4.55. The van der Waals surface area contributed by atoms with Crippen LogP contribution in [0.15, 0.2) is 35.4 Å². The molecule has 1 saturated heterocycles. The topological polar surface area (TPSA) is 109 Å². The standard InChI is InChI=1S/C20H21FN6O3S/c1-22-18(29)12-6-8-26(9-7-12)20-25-17-16(31-20)19(30)27(11-23-17)10-15(28)24-14-5-3-2-4-13(14)21/h2-5,11-12H,6-10H2,1H3,(H,22,29)(H,24,28). The molecule has 0 atom stereocenters. The molecule has 0 aliphatic carbocycles. The molecule has 0 spiro atoms. The molecule has 0 radical (unpaired) electrons. The van der Waals surface area contributed by atoms with Crippen LogP contribution < -0.4 is 21.1 Å². The van der Waals surface area contributed by atoms with Gasteiger partial charge in [-0.2, -0.15) is 4.98 Å². The number of para-hydroxylation sites is 1. The molecule has 9 nitrogen and oxygen atoms in total. The molecule has 3 heterocycles. The number of nitrogens with one attached hydrogen (secondary N) is 2. The first-order valence-corrected chi connectivity index (χ1v) is 10.6. The van der Waals surface area contributed by atoms with Crippen molar-refractivity contribution in [1.29, 1.82) is 0 Å². The number of aromatic nitrogens is 3. The normalized spacial score (nSPS) is 14.6. The largest absolute Gasteiger partial charge is 0.359 e. The number of nitrogens with zero attached hydrogens (tertiary/aromatic N) is 4. The first-order chi connectivity index (χ1) is 15.0. The van der Waals surface area contributed by atoms with Gasteiger partial charge < -0.3 is 15.5 Å². The van der Waals surface area contributed by atoms with Crippen molar-refractivity contribution in [3.05, 3.63) is 46.8 Å². The molecule has 3 aromatic rings. The molecule has 2 N–H and O–H groups in total. The van der Waals surface area contributed by atoms with E-state index < -0.39 is 11.7 Å². The molecule has 1 aliphatic heterocycles. The Morgan fingerprint density at radius 2 is 2.00 bits per heavy atom. The highest BCUT2D eigenvalue weighted by Gasteiger charge is 2.26. The number of benzene rings is 1. The molecule has 11 heteroatoms. The number of rotatable bonds is 5. The summed E-state index contributed by atoms with van der Waals surface area (Å²) in [5.41, 5.74) is -0.00307. The van der Waals surface area contributed by atoms with Crippen molar-refractivity contribution in [2.75, 3.05) is 30.4 Å². The van der Waals surface area contributed by atoms with E-state index in [1.54, 1.807) is 13.1 Å². The van der Waals surface area contributed by atoms with Crippen LogP contribution in [0.1, 0.15) is 12.8 Å². The SMILES string of the molecule is CNC(=O)C1CCN(c2nc3ncn(CC(=O)Nc4ccccc4F)c(=O)c3s2)CC1. The number of piperidine rings is 1. The Kier molecular flexibility index (Phi) is 5.94. The molecule has 1 fully saturated rings.